The fraction of sp³-hybridized carbons (Fsp3) is 0.455. The smallest absolute Gasteiger partial charge is 0.193 e. The summed E-state index contributed by atoms with van der Waals surface area (Å²) in [6.45, 7) is 24.7. The molecule has 0 spiro atoms. The number of benzene rings is 4. The van der Waals surface area contributed by atoms with E-state index in [9.17, 15) is 0 Å². The molecule has 4 aromatic rings. The Morgan fingerprint density at radius 1 is 0.500 bits per heavy atom. The first kappa shape index (κ1) is 38.5. The minimum absolute atomic E-state index is 0.00757. The molecule has 1 aliphatic heterocycles. The number of hydrogen-bond donors (Lipinski definition) is 0. The first-order chi connectivity index (χ1) is 24.6. The second kappa shape index (κ2) is 15.2. The van der Waals surface area contributed by atoms with Crippen LogP contribution in [0, 0.1) is 0 Å². The predicted molar refractivity (Wildman–Crippen MR) is 215 cm³/mol. The van der Waals surface area contributed by atoms with Gasteiger partial charge in [-0.1, -0.05) is 126 Å². The lowest BCUT2D eigenvalue weighted by Gasteiger charge is -2.48. The highest BCUT2D eigenvalue weighted by molar-refractivity contribution is 6.74. The van der Waals surface area contributed by atoms with Crippen molar-refractivity contribution in [3.63, 3.8) is 0 Å². The van der Waals surface area contributed by atoms with Crippen LogP contribution in [0.1, 0.15) is 76.0 Å². The van der Waals surface area contributed by atoms with Crippen molar-refractivity contribution in [2.75, 3.05) is 13.2 Å². The monoisotopic (exact) mass is 738 g/mol. The molecule has 6 nitrogen and oxygen atoms in total. The van der Waals surface area contributed by atoms with Gasteiger partial charge in [-0.25, -0.2) is 0 Å². The van der Waals surface area contributed by atoms with Crippen molar-refractivity contribution in [2.45, 2.75) is 115 Å². The van der Waals surface area contributed by atoms with Gasteiger partial charge in [-0.15, -0.1) is 0 Å². The maximum absolute atomic E-state index is 7.44. The molecule has 0 amide bonds. The van der Waals surface area contributed by atoms with E-state index in [4.69, 9.17) is 27.8 Å². The van der Waals surface area contributed by atoms with E-state index in [1.165, 1.54) is 0 Å². The van der Waals surface area contributed by atoms with Crippen LogP contribution in [0.2, 0.25) is 36.3 Å². The zero-order valence-corrected chi connectivity index (χ0v) is 34.8. The first-order valence-electron chi connectivity index (χ1n) is 18.7. The van der Waals surface area contributed by atoms with E-state index in [2.05, 4.69) is 128 Å². The van der Waals surface area contributed by atoms with Gasteiger partial charge in [0.05, 0.1) is 26.4 Å². The molecule has 0 N–H and O–H groups in total. The minimum Gasteiger partial charge on any atom is -0.483 e. The summed E-state index contributed by atoms with van der Waals surface area (Å²) in [7, 11) is -4.54. The molecule has 1 heterocycles. The predicted octanol–water partition coefficient (Wildman–Crippen LogP) is 11.4. The van der Waals surface area contributed by atoms with Crippen molar-refractivity contribution in [3.05, 3.63) is 119 Å². The Labute approximate surface area is 314 Å². The second-order valence-corrected chi connectivity index (χ2v) is 26.9. The van der Waals surface area contributed by atoms with Gasteiger partial charge in [-0.3, -0.25) is 0 Å². The summed E-state index contributed by atoms with van der Waals surface area (Å²) in [6.07, 6.45) is -1.51. The van der Waals surface area contributed by atoms with Crippen molar-refractivity contribution in [3.8, 4) is 22.6 Å². The standard InChI is InChI=1S/C44H58O6Si2/c1-43(2,3)51(7,8)49-41-33-23-17-25-35-39(33)40-34(42(41)50-52(9,10)44(4,5)6)24-18-26-36(40)48-38(30-46-28-32-21-15-12-16-22-32)37(47-35)29-45-27-31-19-13-11-14-20-31/h11-26,37-38,41-42H,27-30H2,1-10H3/t37-,38-,41-,42-/m1/s1. The van der Waals surface area contributed by atoms with Crippen molar-refractivity contribution in [1.29, 1.82) is 0 Å². The van der Waals surface area contributed by atoms with Crippen molar-refractivity contribution >= 4 is 16.6 Å². The molecule has 8 heteroatoms. The quantitative estimate of drug-likeness (QED) is 0.135. The molecule has 6 rings (SSSR count). The molecule has 52 heavy (non-hydrogen) atoms. The molecule has 1 aliphatic carbocycles. The first-order valence-corrected chi connectivity index (χ1v) is 24.6. The van der Waals surface area contributed by atoms with Crippen LogP contribution in [-0.4, -0.2) is 42.1 Å². The molecule has 278 valence electrons. The van der Waals surface area contributed by atoms with E-state index in [0.29, 0.717) is 26.4 Å². The van der Waals surface area contributed by atoms with Gasteiger partial charge >= 0.3 is 0 Å². The van der Waals surface area contributed by atoms with E-state index in [0.717, 1.165) is 44.9 Å². The lowest BCUT2D eigenvalue weighted by molar-refractivity contribution is -0.0557. The van der Waals surface area contributed by atoms with E-state index in [1.54, 1.807) is 0 Å². The van der Waals surface area contributed by atoms with Gasteiger partial charge in [0.1, 0.15) is 23.7 Å². The molecule has 4 aromatic carbocycles. The lowest BCUT2D eigenvalue weighted by atomic mass is 9.80. The van der Waals surface area contributed by atoms with Gasteiger partial charge in [-0.2, -0.15) is 0 Å². The third-order valence-corrected chi connectivity index (χ3v) is 20.4. The summed E-state index contributed by atoms with van der Waals surface area (Å²) in [5.41, 5.74) is 6.41. The topological polar surface area (TPSA) is 55.4 Å². The molecule has 0 saturated heterocycles. The van der Waals surface area contributed by atoms with Crippen LogP contribution >= 0.6 is 0 Å². The summed E-state index contributed by atoms with van der Waals surface area (Å²) in [5.74, 6) is 1.59. The molecule has 0 radical (unpaired) electrons. The molecule has 0 aromatic heterocycles. The third kappa shape index (κ3) is 8.28. The Hall–Kier alpha value is -3.25. The van der Waals surface area contributed by atoms with Crippen LogP contribution in [0.5, 0.6) is 11.5 Å². The summed E-state index contributed by atoms with van der Waals surface area (Å²) in [4.78, 5) is 0. The zero-order valence-electron chi connectivity index (χ0n) is 32.8. The van der Waals surface area contributed by atoms with Crippen LogP contribution in [0.4, 0.5) is 0 Å². The van der Waals surface area contributed by atoms with Crippen molar-refractivity contribution in [1.82, 2.24) is 0 Å². The number of ether oxygens (including phenoxy) is 4. The SMILES string of the molecule is CC(C)(C)[Si](C)(C)O[C@@H]1c2cccc3c2-c2c(cccc2[C@H]1O[Si](C)(C)C(C)(C)C)O[C@H](COCc1ccccc1)[C@@H](COCc1ccccc1)O3. The highest BCUT2D eigenvalue weighted by Crippen LogP contribution is 2.58. The molecule has 0 bridgehead atoms. The molecule has 0 unspecified atom stereocenters. The van der Waals surface area contributed by atoms with E-state index in [1.807, 2.05) is 36.4 Å². The molecule has 4 atom stereocenters. The highest BCUT2D eigenvalue weighted by atomic mass is 28.4. The second-order valence-electron chi connectivity index (χ2n) is 17.4. The zero-order chi connectivity index (χ0) is 37.3. The van der Waals surface area contributed by atoms with E-state index >= 15 is 0 Å². The van der Waals surface area contributed by atoms with Crippen molar-refractivity contribution in [2.24, 2.45) is 0 Å². The fourth-order valence-corrected chi connectivity index (χ4v) is 8.84. The normalized spacial score (nSPS) is 20.3. The van der Waals surface area contributed by atoms with Gasteiger partial charge < -0.3 is 27.8 Å². The number of hydrogen-bond acceptors (Lipinski definition) is 6. The highest BCUT2D eigenvalue weighted by Gasteiger charge is 2.49. The number of rotatable bonds is 12. The molecule has 2 aliphatic rings. The van der Waals surface area contributed by atoms with Crippen LogP contribution in [0.25, 0.3) is 11.1 Å². The van der Waals surface area contributed by atoms with Crippen molar-refractivity contribution < 1.29 is 27.8 Å². The minimum atomic E-state index is -2.27. The Morgan fingerprint density at radius 3 is 1.21 bits per heavy atom. The third-order valence-electron chi connectivity index (χ3n) is 11.5. The molecular formula is C44H58O6Si2. The van der Waals surface area contributed by atoms with Crippen LogP contribution in [-0.2, 0) is 31.5 Å². The largest absolute Gasteiger partial charge is 0.483 e. The average Bonchev–Trinajstić information content (AvgIpc) is 3.08. The summed E-state index contributed by atoms with van der Waals surface area (Å²) in [5, 5.41) is 0.0151. The van der Waals surface area contributed by atoms with Crippen LogP contribution in [0.3, 0.4) is 0 Å². The van der Waals surface area contributed by atoms with Gasteiger partial charge in [0.15, 0.2) is 28.8 Å². The van der Waals surface area contributed by atoms with Gasteiger partial charge in [0.25, 0.3) is 0 Å². The lowest BCUT2D eigenvalue weighted by Crippen LogP contribution is -2.47. The Morgan fingerprint density at radius 2 is 0.865 bits per heavy atom. The fourth-order valence-electron chi connectivity index (χ4n) is 6.36. The maximum Gasteiger partial charge on any atom is 0.193 e. The van der Waals surface area contributed by atoms with E-state index in [-0.39, 0.29) is 22.3 Å². The van der Waals surface area contributed by atoms with Crippen LogP contribution < -0.4 is 9.47 Å². The van der Waals surface area contributed by atoms with Gasteiger partial charge in [0.2, 0.25) is 0 Å². The Bertz CT molecular complexity index is 1660. The average molecular weight is 739 g/mol. The van der Waals surface area contributed by atoms with E-state index < -0.39 is 28.8 Å². The molecule has 0 fully saturated rings. The van der Waals surface area contributed by atoms with Crippen LogP contribution in [0.15, 0.2) is 97.1 Å². The summed E-state index contributed by atoms with van der Waals surface area (Å²) in [6, 6.07) is 33.2. The maximum atomic E-state index is 7.44. The summed E-state index contributed by atoms with van der Waals surface area (Å²) >= 11 is 0. The molecule has 0 saturated carbocycles. The van der Waals surface area contributed by atoms with Gasteiger partial charge in [0, 0.05) is 11.1 Å². The molecular weight excluding hydrogens is 681 g/mol. The summed E-state index contributed by atoms with van der Waals surface area (Å²) < 4.78 is 41.7. The Kier molecular flexibility index (Phi) is 11.3. The Balaban J connectivity index is 1.44. The van der Waals surface area contributed by atoms with Gasteiger partial charge in [-0.05, 0) is 70.7 Å².